The first-order valence-electron chi connectivity index (χ1n) is 3.38. The third-order valence-electron chi connectivity index (χ3n) is 0.936. The molecule has 0 aromatic carbocycles. The molecule has 56 valence electrons. The van der Waals surface area contributed by atoms with Gasteiger partial charge in [0.05, 0.1) is 6.61 Å². The van der Waals surface area contributed by atoms with Crippen LogP contribution in [0.2, 0.25) is 0 Å². The van der Waals surface area contributed by atoms with Gasteiger partial charge in [-0.25, -0.2) is 0 Å². The van der Waals surface area contributed by atoms with Crippen LogP contribution in [0.15, 0.2) is 36.6 Å². The molecule has 0 saturated heterocycles. The van der Waals surface area contributed by atoms with Crippen molar-refractivity contribution in [2.45, 2.75) is 6.92 Å². The second-order valence-electron chi connectivity index (χ2n) is 1.77. The van der Waals surface area contributed by atoms with Gasteiger partial charge in [0.2, 0.25) is 0 Å². The van der Waals surface area contributed by atoms with Crippen LogP contribution in [-0.4, -0.2) is 16.4 Å². The topological polar surface area (TPSA) is 9.23 Å². The summed E-state index contributed by atoms with van der Waals surface area (Å²) in [5.41, 5.74) is 2.07. The highest BCUT2D eigenvalue weighted by atomic mass is 28.2. The van der Waals surface area contributed by atoms with E-state index in [-0.39, 0.29) is 0 Å². The van der Waals surface area contributed by atoms with Crippen molar-refractivity contribution in [3.05, 3.63) is 36.6 Å². The molecule has 0 spiro atoms. The van der Waals surface area contributed by atoms with Crippen molar-refractivity contribution in [1.29, 1.82) is 0 Å². The van der Waals surface area contributed by atoms with Crippen LogP contribution in [0.3, 0.4) is 0 Å². The lowest BCUT2D eigenvalue weighted by molar-refractivity contribution is 0.392. The molecular weight excluding hydrogens is 140 g/mol. The number of allylic oxidation sites excluding steroid dienone is 3. The van der Waals surface area contributed by atoms with E-state index in [2.05, 4.69) is 12.3 Å². The third-order valence-corrected chi connectivity index (χ3v) is 1.87. The minimum absolute atomic E-state index is 0.423. The summed E-state index contributed by atoms with van der Waals surface area (Å²) in [5.74, 6) is 0. The molecule has 0 rings (SSSR count). The standard InChI is InChI=1S/C8H14OSi/c1-3-5-7-9-10-8-6-4-2/h3-6,8H,2,7,10H2,1H3. The Labute approximate surface area is 65.0 Å². The van der Waals surface area contributed by atoms with Crippen molar-refractivity contribution in [2.24, 2.45) is 0 Å². The van der Waals surface area contributed by atoms with Crippen molar-refractivity contribution in [3.63, 3.8) is 0 Å². The Morgan fingerprint density at radius 1 is 1.60 bits per heavy atom. The Kier molecular flexibility index (Phi) is 7.89. The molecule has 0 radical (unpaired) electrons. The molecule has 0 heterocycles. The van der Waals surface area contributed by atoms with Crippen LogP contribution in [0, 0.1) is 0 Å². The van der Waals surface area contributed by atoms with Crippen LogP contribution in [0.1, 0.15) is 6.92 Å². The van der Waals surface area contributed by atoms with Crippen LogP contribution in [0.5, 0.6) is 0 Å². The Balaban J connectivity index is 3.04. The fourth-order valence-corrected chi connectivity index (χ4v) is 1.16. The Morgan fingerprint density at radius 3 is 3.00 bits per heavy atom. The van der Waals surface area contributed by atoms with Gasteiger partial charge in [-0.05, 0) is 6.92 Å². The molecule has 0 fully saturated rings. The maximum atomic E-state index is 5.29. The molecular formula is C8H14OSi. The second kappa shape index (κ2) is 8.40. The molecule has 0 amide bonds. The quantitative estimate of drug-likeness (QED) is 0.251. The highest BCUT2D eigenvalue weighted by Crippen LogP contribution is 1.77. The molecule has 1 nitrogen and oxygen atoms in total. The summed E-state index contributed by atoms with van der Waals surface area (Å²) in [6.45, 7) is 6.31. The third kappa shape index (κ3) is 7.40. The highest BCUT2D eigenvalue weighted by molar-refractivity contribution is 6.34. The number of hydrogen-bond acceptors (Lipinski definition) is 1. The van der Waals surface area contributed by atoms with E-state index in [9.17, 15) is 0 Å². The van der Waals surface area contributed by atoms with Gasteiger partial charge in [0.15, 0.2) is 9.76 Å². The molecule has 0 N–H and O–H groups in total. The van der Waals surface area contributed by atoms with E-state index in [0.29, 0.717) is 0 Å². The number of hydrogen-bond donors (Lipinski definition) is 0. The first-order valence-corrected chi connectivity index (χ1v) is 4.77. The minimum Gasteiger partial charge on any atom is -0.416 e. The summed E-state index contributed by atoms with van der Waals surface area (Å²) in [6.07, 6.45) is 7.70. The van der Waals surface area contributed by atoms with Gasteiger partial charge in [0, 0.05) is 0 Å². The molecule has 0 bridgehead atoms. The van der Waals surface area contributed by atoms with Crippen LogP contribution >= 0.6 is 0 Å². The summed E-state index contributed by atoms with van der Waals surface area (Å²) in [5, 5.41) is 0. The molecule has 0 aliphatic heterocycles. The van der Waals surface area contributed by atoms with Crippen LogP contribution < -0.4 is 0 Å². The van der Waals surface area contributed by atoms with Crippen LogP contribution in [0.4, 0.5) is 0 Å². The molecule has 0 aromatic rings. The first-order chi connectivity index (χ1) is 4.91. The van der Waals surface area contributed by atoms with Gasteiger partial charge in [0.1, 0.15) is 0 Å². The van der Waals surface area contributed by atoms with E-state index in [1.807, 2.05) is 25.2 Å². The Hall–Kier alpha value is -0.603. The van der Waals surface area contributed by atoms with E-state index in [1.165, 1.54) is 0 Å². The molecule has 10 heavy (non-hydrogen) atoms. The normalized spacial score (nSPS) is 12.5. The molecule has 0 unspecified atom stereocenters. The largest absolute Gasteiger partial charge is 0.416 e. The van der Waals surface area contributed by atoms with Crippen molar-refractivity contribution >= 4 is 9.76 Å². The monoisotopic (exact) mass is 154 g/mol. The summed E-state index contributed by atoms with van der Waals surface area (Å²) in [7, 11) is -0.423. The van der Waals surface area contributed by atoms with E-state index < -0.39 is 9.76 Å². The summed E-state index contributed by atoms with van der Waals surface area (Å²) in [4.78, 5) is 0. The van der Waals surface area contributed by atoms with Gasteiger partial charge in [-0.2, -0.15) is 0 Å². The zero-order valence-corrected chi connectivity index (χ0v) is 7.83. The molecule has 0 saturated carbocycles. The average molecular weight is 154 g/mol. The zero-order valence-electron chi connectivity index (χ0n) is 6.42. The second-order valence-corrected chi connectivity index (χ2v) is 2.98. The van der Waals surface area contributed by atoms with Gasteiger partial charge < -0.3 is 4.43 Å². The van der Waals surface area contributed by atoms with E-state index in [4.69, 9.17) is 4.43 Å². The van der Waals surface area contributed by atoms with Crippen LogP contribution in [-0.2, 0) is 4.43 Å². The van der Waals surface area contributed by atoms with E-state index >= 15 is 0 Å². The smallest absolute Gasteiger partial charge is 0.185 e. The molecule has 0 atom stereocenters. The van der Waals surface area contributed by atoms with Gasteiger partial charge >= 0.3 is 0 Å². The van der Waals surface area contributed by atoms with Crippen molar-refractivity contribution in [3.8, 4) is 0 Å². The summed E-state index contributed by atoms with van der Waals surface area (Å²) in [6, 6.07) is 0. The maximum Gasteiger partial charge on any atom is 0.185 e. The van der Waals surface area contributed by atoms with Crippen LogP contribution in [0.25, 0.3) is 0 Å². The lowest BCUT2D eigenvalue weighted by Gasteiger charge is -1.91. The molecule has 0 aliphatic rings. The summed E-state index contributed by atoms with van der Waals surface area (Å²) < 4.78 is 5.29. The molecule has 0 aromatic heterocycles. The van der Waals surface area contributed by atoms with Gasteiger partial charge in [0.25, 0.3) is 0 Å². The zero-order chi connectivity index (χ0) is 7.66. The Morgan fingerprint density at radius 2 is 2.40 bits per heavy atom. The predicted molar refractivity (Wildman–Crippen MR) is 48.6 cm³/mol. The van der Waals surface area contributed by atoms with Crippen molar-refractivity contribution in [1.82, 2.24) is 0 Å². The fraction of sp³-hybridized carbons (Fsp3) is 0.250. The molecule has 2 heteroatoms. The minimum atomic E-state index is -0.423. The predicted octanol–water partition coefficient (Wildman–Crippen LogP) is 1.36. The highest BCUT2D eigenvalue weighted by Gasteiger charge is 1.76. The lowest BCUT2D eigenvalue weighted by Crippen LogP contribution is -1.93. The number of rotatable bonds is 5. The lowest BCUT2D eigenvalue weighted by atomic mass is 10.6. The van der Waals surface area contributed by atoms with Gasteiger partial charge in [-0.3, -0.25) is 0 Å². The van der Waals surface area contributed by atoms with E-state index in [0.717, 1.165) is 6.61 Å². The Bertz CT molecular complexity index is 127. The first kappa shape index (κ1) is 9.40. The van der Waals surface area contributed by atoms with Crippen molar-refractivity contribution in [2.75, 3.05) is 6.61 Å². The SMILES string of the molecule is C=CC=C[SiH2]OCC=CC. The summed E-state index contributed by atoms with van der Waals surface area (Å²) >= 11 is 0. The average Bonchev–Trinajstić information content (AvgIpc) is 1.97. The molecule has 0 aliphatic carbocycles. The van der Waals surface area contributed by atoms with E-state index in [1.54, 1.807) is 6.08 Å². The fourth-order valence-electron chi connectivity index (χ4n) is 0.452. The van der Waals surface area contributed by atoms with Gasteiger partial charge in [-0.1, -0.05) is 36.6 Å². The van der Waals surface area contributed by atoms with Crippen molar-refractivity contribution < 1.29 is 4.43 Å². The van der Waals surface area contributed by atoms with Gasteiger partial charge in [-0.15, -0.1) is 0 Å². The maximum absolute atomic E-state index is 5.29.